The molecular formula is C16H16N4O. The minimum Gasteiger partial charge on any atom is -0.457 e. The predicted molar refractivity (Wildman–Crippen MR) is 80.5 cm³/mol. The second kappa shape index (κ2) is 5.76. The van der Waals surface area contributed by atoms with Crippen LogP contribution in [0.4, 0.5) is 0 Å². The first-order chi connectivity index (χ1) is 10.3. The maximum atomic E-state index is 5.76. The van der Waals surface area contributed by atoms with Gasteiger partial charge in [0.25, 0.3) is 0 Å². The summed E-state index contributed by atoms with van der Waals surface area (Å²) >= 11 is 0. The standard InChI is InChI=1S/C16H16N4O/c1-12-16(11-17)18-19-20(12)13-7-9-15(10-8-13)21-14-5-3-2-4-6-14/h2-10H,11,17H2,1H3. The highest BCUT2D eigenvalue weighted by atomic mass is 16.5. The largest absolute Gasteiger partial charge is 0.457 e. The quantitative estimate of drug-likeness (QED) is 0.798. The smallest absolute Gasteiger partial charge is 0.127 e. The number of aromatic nitrogens is 3. The average Bonchev–Trinajstić information content (AvgIpc) is 2.90. The van der Waals surface area contributed by atoms with E-state index in [2.05, 4.69) is 10.3 Å². The Balaban J connectivity index is 1.82. The average molecular weight is 280 g/mol. The van der Waals surface area contributed by atoms with Crippen molar-refractivity contribution in [3.05, 3.63) is 66.0 Å². The maximum Gasteiger partial charge on any atom is 0.127 e. The molecule has 0 fully saturated rings. The third-order valence-corrected chi connectivity index (χ3v) is 3.24. The Morgan fingerprint density at radius 3 is 2.29 bits per heavy atom. The van der Waals surface area contributed by atoms with Gasteiger partial charge in [0.1, 0.15) is 11.5 Å². The second-order valence-electron chi connectivity index (χ2n) is 4.65. The Kier molecular flexibility index (Phi) is 3.66. The van der Waals surface area contributed by atoms with Gasteiger partial charge in [0.2, 0.25) is 0 Å². The molecule has 0 saturated carbocycles. The molecule has 0 radical (unpaired) electrons. The normalized spacial score (nSPS) is 10.6. The van der Waals surface area contributed by atoms with Crippen molar-refractivity contribution in [1.82, 2.24) is 15.0 Å². The molecule has 0 unspecified atom stereocenters. The van der Waals surface area contributed by atoms with Crippen LogP contribution in [0.1, 0.15) is 11.4 Å². The number of para-hydroxylation sites is 1. The minimum atomic E-state index is 0.390. The van der Waals surface area contributed by atoms with Crippen molar-refractivity contribution in [2.75, 3.05) is 0 Å². The van der Waals surface area contributed by atoms with Crippen molar-refractivity contribution >= 4 is 0 Å². The molecular weight excluding hydrogens is 264 g/mol. The van der Waals surface area contributed by atoms with Crippen LogP contribution < -0.4 is 10.5 Å². The molecule has 21 heavy (non-hydrogen) atoms. The lowest BCUT2D eigenvalue weighted by Gasteiger charge is -2.07. The Morgan fingerprint density at radius 2 is 1.67 bits per heavy atom. The first-order valence-corrected chi connectivity index (χ1v) is 6.72. The molecule has 0 bridgehead atoms. The summed E-state index contributed by atoms with van der Waals surface area (Å²) in [6.07, 6.45) is 0. The van der Waals surface area contributed by atoms with Gasteiger partial charge < -0.3 is 10.5 Å². The van der Waals surface area contributed by atoms with Crippen LogP contribution in [-0.4, -0.2) is 15.0 Å². The van der Waals surface area contributed by atoms with Crippen molar-refractivity contribution in [3.63, 3.8) is 0 Å². The molecule has 106 valence electrons. The molecule has 1 aromatic heterocycles. The monoisotopic (exact) mass is 280 g/mol. The van der Waals surface area contributed by atoms with Crippen LogP contribution in [-0.2, 0) is 6.54 Å². The summed E-state index contributed by atoms with van der Waals surface area (Å²) in [5.74, 6) is 1.59. The van der Waals surface area contributed by atoms with Gasteiger partial charge in [0, 0.05) is 6.54 Å². The van der Waals surface area contributed by atoms with Crippen LogP contribution in [0.5, 0.6) is 11.5 Å². The Labute approximate surface area is 123 Å². The van der Waals surface area contributed by atoms with Crippen molar-refractivity contribution in [2.45, 2.75) is 13.5 Å². The van der Waals surface area contributed by atoms with E-state index in [1.807, 2.05) is 61.5 Å². The van der Waals surface area contributed by atoms with Gasteiger partial charge in [-0.15, -0.1) is 5.10 Å². The molecule has 0 amide bonds. The molecule has 2 N–H and O–H groups in total. The van der Waals surface area contributed by atoms with Crippen molar-refractivity contribution in [2.24, 2.45) is 5.73 Å². The lowest BCUT2D eigenvalue weighted by Crippen LogP contribution is -2.02. The fraction of sp³-hybridized carbons (Fsp3) is 0.125. The third kappa shape index (κ3) is 2.78. The van der Waals surface area contributed by atoms with Crippen LogP contribution in [0, 0.1) is 6.92 Å². The minimum absolute atomic E-state index is 0.390. The zero-order valence-electron chi connectivity index (χ0n) is 11.7. The highest BCUT2D eigenvalue weighted by Crippen LogP contribution is 2.22. The molecule has 0 saturated heterocycles. The van der Waals surface area contributed by atoms with E-state index in [0.29, 0.717) is 6.54 Å². The van der Waals surface area contributed by atoms with E-state index in [4.69, 9.17) is 10.5 Å². The molecule has 3 rings (SSSR count). The molecule has 0 aliphatic carbocycles. The summed E-state index contributed by atoms with van der Waals surface area (Å²) in [7, 11) is 0. The van der Waals surface area contributed by atoms with Gasteiger partial charge in [-0.05, 0) is 43.3 Å². The number of nitrogens with two attached hydrogens (primary N) is 1. The van der Waals surface area contributed by atoms with E-state index >= 15 is 0 Å². The van der Waals surface area contributed by atoms with E-state index < -0.39 is 0 Å². The summed E-state index contributed by atoms with van der Waals surface area (Å²) in [5.41, 5.74) is 8.31. The summed E-state index contributed by atoms with van der Waals surface area (Å²) in [6.45, 7) is 2.34. The summed E-state index contributed by atoms with van der Waals surface area (Å²) in [4.78, 5) is 0. The van der Waals surface area contributed by atoms with E-state index in [1.54, 1.807) is 4.68 Å². The summed E-state index contributed by atoms with van der Waals surface area (Å²) < 4.78 is 7.53. The number of ether oxygens (including phenoxy) is 1. The van der Waals surface area contributed by atoms with Crippen molar-refractivity contribution in [3.8, 4) is 17.2 Å². The van der Waals surface area contributed by atoms with Gasteiger partial charge in [0.05, 0.1) is 17.1 Å². The van der Waals surface area contributed by atoms with Gasteiger partial charge in [-0.1, -0.05) is 23.4 Å². The number of nitrogens with zero attached hydrogens (tertiary/aromatic N) is 3. The Bertz CT molecular complexity index is 720. The van der Waals surface area contributed by atoms with Gasteiger partial charge in [-0.25, -0.2) is 4.68 Å². The first kappa shape index (κ1) is 13.3. The number of rotatable bonds is 4. The zero-order chi connectivity index (χ0) is 14.7. The molecule has 0 spiro atoms. The van der Waals surface area contributed by atoms with Crippen LogP contribution in [0.2, 0.25) is 0 Å². The molecule has 5 heteroatoms. The third-order valence-electron chi connectivity index (χ3n) is 3.24. The summed E-state index contributed by atoms with van der Waals surface area (Å²) in [6, 6.07) is 17.4. The van der Waals surface area contributed by atoms with Crippen LogP contribution in [0.3, 0.4) is 0 Å². The van der Waals surface area contributed by atoms with E-state index in [-0.39, 0.29) is 0 Å². The molecule has 1 heterocycles. The van der Waals surface area contributed by atoms with Gasteiger partial charge in [0.15, 0.2) is 0 Å². The molecule has 5 nitrogen and oxygen atoms in total. The topological polar surface area (TPSA) is 66.0 Å². The van der Waals surface area contributed by atoms with Crippen LogP contribution >= 0.6 is 0 Å². The predicted octanol–water partition coefficient (Wildman–Crippen LogP) is 2.83. The highest BCUT2D eigenvalue weighted by molar-refractivity contribution is 5.40. The van der Waals surface area contributed by atoms with Crippen LogP contribution in [0.15, 0.2) is 54.6 Å². The first-order valence-electron chi connectivity index (χ1n) is 6.72. The van der Waals surface area contributed by atoms with E-state index in [0.717, 1.165) is 28.6 Å². The number of hydrogen-bond acceptors (Lipinski definition) is 4. The molecule has 2 aromatic carbocycles. The van der Waals surface area contributed by atoms with Gasteiger partial charge >= 0.3 is 0 Å². The maximum absolute atomic E-state index is 5.76. The molecule has 0 atom stereocenters. The van der Waals surface area contributed by atoms with Gasteiger partial charge in [-0.3, -0.25) is 0 Å². The van der Waals surface area contributed by atoms with Crippen LogP contribution in [0.25, 0.3) is 5.69 Å². The fourth-order valence-corrected chi connectivity index (χ4v) is 2.07. The lowest BCUT2D eigenvalue weighted by molar-refractivity contribution is 0.482. The fourth-order valence-electron chi connectivity index (χ4n) is 2.07. The van der Waals surface area contributed by atoms with E-state index in [9.17, 15) is 0 Å². The zero-order valence-corrected chi connectivity index (χ0v) is 11.7. The second-order valence-corrected chi connectivity index (χ2v) is 4.65. The SMILES string of the molecule is Cc1c(CN)nnn1-c1ccc(Oc2ccccc2)cc1. The Hall–Kier alpha value is -2.66. The number of benzene rings is 2. The molecule has 0 aliphatic rings. The van der Waals surface area contributed by atoms with Crippen molar-refractivity contribution in [1.29, 1.82) is 0 Å². The number of hydrogen-bond donors (Lipinski definition) is 1. The molecule has 0 aliphatic heterocycles. The highest BCUT2D eigenvalue weighted by Gasteiger charge is 2.08. The van der Waals surface area contributed by atoms with E-state index in [1.165, 1.54) is 0 Å². The summed E-state index contributed by atoms with van der Waals surface area (Å²) in [5, 5.41) is 8.17. The Morgan fingerprint density at radius 1 is 1.00 bits per heavy atom. The lowest BCUT2D eigenvalue weighted by atomic mass is 10.2. The van der Waals surface area contributed by atoms with Gasteiger partial charge in [-0.2, -0.15) is 0 Å². The van der Waals surface area contributed by atoms with Crippen molar-refractivity contribution < 1.29 is 4.74 Å². The molecule has 3 aromatic rings.